The van der Waals surface area contributed by atoms with Crippen molar-refractivity contribution >= 4 is 15.9 Å². The van der Waals surface area contributed by atoms with Crippen LogP contribution < -0.4 is 5.32 Å². The lowest BCUT2D eigenvalue weighted by Crippen LogP contribution is -2.81. The van der Waals surface area contributed by atoms with Crippen molar-refractivity contribution in [1.82, 2.24) is 10.1 Å². The van der Waals surface area contributed by atoms with Crippen molar-refractivity contribution < 1.29 is 9.84 Å². The second-order valence-corrected chi connectivity index (χ2v) is 5.15. The first-order chi connectivity index (χ1) is 8.33. The van der Waals surface area contributed by atoms with Crippen LogP contribution in [0.5, 0.6) is 0 Å². The molecule has 0 radical (unpaired) electrons. The highest BCUT2D eigenvalue weighted by molar-refractivity contribution is 9.10. The molecule has 1 fully saturated rings. The summed E-state index contributed by atoms with van der Waals surface area (Å²) in [5.41, 5.74) is 0.987. The molecule has 1 aromatic carbocycles. The fourth-order valence-corrected chi connectivity index (χ4v) is 2.37. The van der Waals surface area contributed by atoms with E-state index >= 15 is 0 Å². The molecule has 2 heterocycles. The molecule has 3 rings (SSSR count). The highest BCUT2D eigenvalue weighted by Gasteiger charge is 2.26. The minimum absolute atomic E-state index is 0.353. The van der Waals surface area contributed by atoms with Gasteiger partial charge in [0.2, 0.25) is 5.82 Å². The first-order valence-electron chi connectivity index (χ1n) is 5.76. The Kier molecular flexibility index (Phi) is 2.94. The van der Waals surface area contributed by atoms with Crippen LogP contribution in [0.15, 0.2) is 33.3 Å². The predicted molar refractivity (Wildman–Crippen MR) is 66.2 cm³/mol. The van der Waals surface area contributed by atoms with Crippen LogP contribution in [-0.4, -0.2) is 16.7 Å². The molecule has 88 valence electrons. The quantitative estimate of drug-likeness (QED) is 0.920. The average molecular weight is 295 g/mol. The Bertz CT molecular complexity index is 503. The fraction of sp³-hybridized carbons (Fsp3) is 0.333. The number of nitrogens with zero attached hydrogens (tertiary/aromatic N) is 2. The number of hydrogen-bond donors (Lipinski definition) is 1. The van der Waals surface area contributed by atoms with E-state index in [-0.39, 0.29) is 0 Å². The van der Waals surface area contributed by atoms with Gasteiger partial charge in [0.15, 0.2) is 6.04 Å². The third-order valence-electron chi connectivity index (χ3n) is 3.03. The van der Waals surface area contributed by atoms with E-state index in [0.717, 1.165) is 28.9 Å². The summed E-state index contributed by atoms with van der Waals surface area (Å²) < 4.78 is 6.38. The molecule has 4 nitrogen and oxygen atoms in total. The molecule has 0 amide bonds. The summed E-state index contributed by atoms with van der Waals surface area (Å²) >= 11 is 3.41. The molecular weight excluding hydrogens is 282 g/mol. The first-order valence-corrected chi connectivity index (χ1v) is 6.55. The van der Waals surface area contributed by atoms with Crippen molar-refractivity contribution in [3.8, 4) is 11.4 Å². The minimum atomic E-state index is 0.353. The van der Waals surface area contributed by atoms with Gasteiger partial charge in [-0.1, -0.05) is 21.1 Å². The second kappa shape index (κ2) is 4.58. The molecule has 0 saturated carbocycles. The molecule has 1 aromatic heterocycles. The van der Waals surface area contributed by atoms with E-state index in [0.29, 0.717) is 11.9 Å². The number of nitrogens with two attached hydrogens (primary N) is 1. The summed E-state index contributed by atoms with van der Waals surface area (Å²) in [5, 5.41) is 6.30. The van der Waals surface area contributed by atoms with E-state index < -0.39 is 0 Å². The summed E-state index contributed by atoms with van der Waals surface area (Å²) in [6, 6.07) is 8.28. The number of hydrogen-bond acceptors (Lipinski definition) is 3. The molecule has 0 unspecified atom stereocenters. The third kappa shape index (κ3) is 2.25. The van der Waals surface area contributed by atoms with Crippen molar-refractivity contribution in [2.45, 2.75) is 18.9 Å². The lowest BCUT2D eigenvalue weighted by Gasteiger charge is -1.98. The predicted octanol–water partition coefficient (Wildman–Crippen LogP) is 1.90. The number of rotatable bonds is 2. The van der Waals surface area contributed by atoms with Gasteiger partial charge in [0.1, 0.15) is 0 Å². The highest BCUT2D eigenvalue weighted by atomic mass is 79.9. The van der Waals surface area contributed by atoms with Crippen molar-refractivity contribution in [3.63, 3.8) is 0 Å². The Morgan fingerprint density at radius 3 is 2.82 bits per heavy atom. The van der Waals surface area contributed by atoms with Crippen LogP contribution in [0.2, 0.25) is 0 Å². The Morgan fingerprint density at radius 1 is 1.29 bits per heavy atom. The van der Waals surface area contributed by atoms with Crippen LogP contribution in [0.1, 0.15) is 24.8 Å². The second-order valence-electron chi connectivity index (χ2n) is 4.24. The molecule has 0 spiro atoms. The first kappa shape index (κ1) is 10.9. The van der Waals surface area contributed by atoms with Gasteiger partial charge in [-0.3, -0.25) is 0 Å². The maximum absolute atomic E-state index is 5.33. The molecule has 17 heavy (non-hydrogen) atoms. The Balaban J connectivity index is 1.86. The SMILES string of the molecule is Brc1ccc(-c2noc([C@H]3CCC[NH2+]3)n2)cc1. The molecule has 2 N–H and O–H groups in total. The number of halogens is 1. The number of quaternary nitrogens is 1. The lowest BCUT2D eigenvalue weighted by atomic mass is 10.2. The van der Waals surface area contributed by atoms with Crippen molar-refractivity contribution in [3.05, 3.63) is 34.6 Å². The number of aromatic nitrogens is 2. The van der Waals surface area contributed by atoms with Gasteiger partial charge < -0.3 is 9.84 Å². The molecule has 1 aliphatic rings. The minimum Gasteiger partial charge on any atom is -0.336 e. The van der Waals surface area contributed by atoms with E-state index in [4.69, 9.17) is 4.52 Å². The lowest BCUT2D eigenvalue weighted by molar-refractivity contribution is -0.678. The smallest absolute Gasteiger partial charge is 0.285 e. The van der Waals surface area contributed by atoms with Crippen molar-refractivity contribution in [1.29, 1.82) is 0 Å². The molecule has 5 heteroatoms. The van der Waals surface area contributed by atoms with E-state index in [1.165, 1.54) is 6.42 Å². The molecule has 0 aliphatic carbocycles. The standard InChI is InChI=1S/C12H12BrN3O/c13-9-5-3-8(4-6-9)11-15-12(17-16-11)10-2-1-7-14-10/h3-6,10,14H,1-2,7H2/p+1/t10-/m1/s1. The maximum atomic E-state index is 5.33. The topological polar surface area (TPSA) is 55.5 Å². The van der Waals surface area contributed by atoms with E-state index in [1.807, 2.05) is 24.3 Å². The maximum Gasteiger partial charge on any atom is 0.285 e. The van der Waals surface area contributed by atoms with Gasteiger partial charge in [0.25, 0.3) is 5.89 Å². The Labute approximate surface area is 108 Å². The zero-order chi connectivity index (χ0) is 11.7. The van der Waals surface area contributed by atoms with Crippen LogP contribution in [0.3, 0.4) is 0 Å². The zero-order valence-corrected chi connectivity index (χ0v) is 10.9. The van der Waals surface area contributed by atoms with Crippen LogP contribution in [-0.2, 0) is 0 Å². The van der Waals surface area contributed by atoms with Crippen LogP contribution in [0, 0.1) is 0 Å². The summed E-state index contributed by atoms with van der Waals surface area (Å²) in [7, 11) is 0. The fourth-order valence-electron chi connectivity index (χ4n) is 2.10. The van der Waals surface area contributed by atoms with Gasteiger partial charge in [-0.25, -0.2) is 0 Å². The third-order valence-corrected chi connectivity index (χ3v) is 3.56. The number of benzene rings is 1. The van der Waals surface area contributed by atoms with Crippen molar-refractivity contribution in [2.24, 2.45) is 0 Å². The summed E-state index contributed by atoms with van der Waals surface area (Å²) in [5.74, 6) is 1.42. The summed E-state index contributed by atoms with van der Waals surface area (Å²) in [6.07, 6.45) is 2.35. The molecule has 1 saturated heterocycles. The van der Waals surface area contributed by atoms with Gasteiger partial charge in [-0.05, 0) is 24.3 Å². The summed E-state index contributed by atoms with van der Waals surface area (Å²) in [4.78, 5) is 4.47. The highest BCUT2D eigenvalue weighted by Crippen LogP contribution is 2.22. The van der Waals surface area contributed by atoms with E-state index in [9.17, 15) is 0 Å². The Morgan fingerprint density at radius 2 is 2.12 bits per heavy atom. The van der Waals surface area contributed by atoms with Crippen LogP contribution in [0.4, 0.5) is 0 Å². The van der Waals surface area contributed by atoms with Crippen molar-refractivity contribution in [2.75, 3.05) is 6.54 Å². The van der Waals surface area contributed by atoms with E-state index in [2.05, 4.69) is 31.4 Å². The van der Waals surface area contributed by atoms with E-state index in [1.54, 1.807) is 0 Å². The molecule has 0 bridgehead atoms. The van der Waals surface area contributed by atoms with Crippen LogP contribution in [0.25, 0.3) is 11.4 Å². The van der Waals surface area contributed by atoms with Gasteiger partial charge in [0, 0.05) is 22.9 Å². The van der Waals surface area contributed by atoms with Gasteiger partial charge >= 0.3 is 0 Å². The Hall–Kier alpha value is -1.20. The monoisotopic (exact) mass is 294 g/mol. The molecule has 1 aliphatic heterocycles. The zero-order valence-electron chi connectivity index (χ0n) is 9.27. The van der Waals surface area contributed by atoms with Crippen LogP contribution >= 0.6 is 15.9 Å². The molecule has 1 atom stereocenters. The summed E-state index contributed by atoms with van der Waals surface area (Å²) in [6.45, 7) is 1.15. The van der Waals surface area contributed by atoms with Gasteiger partial charge in [-0.15, -0.1) is 0 Å². The largest absolute Gasteiger partial charge is 0.336 e. The molecular formula is C12H13BrN3O+. The normalized spacial score (nSPS) is 19.7. The average Bonchev–Trinajstić information content (AvgIpc) is 3.00. The van der Waals surface area contributed by atoms with Gasteiger partial charge in [-0.2, -0.15) is 4.98 Å². The van der Waals surface area contributed by atoms with Gasteiger partial charge in [0.05, 0.1) is 6.54 Å². The molecule has 2 aromatic rings.